The number of hydrogen-bond donors (Lipinski definition) is 21. The van der Waals surface area contributed by atoms with Crippen molar-refractivity contribution in [3.63, 3.8) is 0 Å². The molecule has 0 radical (unpaired) electrons. The Bertz CT molecular complexity index is 3940. The van der Waals surface area contributed by atoms with Gasteiger partial charge in [0, 0.05) is 135 Å². The van der Waals surface area contributed by atoms with Gasteiger partial charge in [-0.15, -0.1) is 0 Å². The van der Waals surface area contributed by atoms with Crippen LogP contribution in [0.5, 0.6) is 51.7 Å². The summed E-state index contributed by atoms with van der Waals surface area (Å²) in [4.78, 5) is 0. The highest BCUT2D eigenvalue weighted by atomic mass is 16.5. The van der Waals surface area contributed by atoms with Crippen molar-refractivity contribution in [2.45, 2.75) is 157 Å². The molecule has 0 heterocycles. The average molecular weight is 1480 g/mol. The van der Waals surface area contributed by atoms with Crippen LogP contribution in [0.4, 0.5) is 0 Å². The lowest BCUT2D eigenvalue weighted by atomic mass is 9.69. The molecule has 25 nitrogen and oxygen atoms in total. The predicted octanol–water partition coefficient (Wildman–Crippen LogP) is 7.74. The SMILES string of the molecule is CC(c1cc(CO)c(O)c(CO)c1)(c1cc(CO)c(O)c(CO)c1)c1cc(CO)c(O)c(CO)c1.CCc1cc(C(c2cc(COC)c(O)c(COC)c2)c2cc(COC)c(O)c(COC)c2)cc(CC)c1O.OCc1cc(C(c2cc(CO)c(O)c(CO)c2)c2cc(CO)c(O)c(CO)c2)cc(CO)c1O. The number of methoxy groups -OCH3 is 4. The van der Waals surface area contributed by atoms with Gasteiger partial charge in [0.1, 0.15) is 51.7 Å². The van der Waals surface area contributed by atoms with Crippen molar-refractivity contribution in [1.82, 2.24) is 0 Å². The second-order valence-electron chi connectivity index (χ2n) is 25.9. The third kappa shape index (κ3) is 18.4. The molecule has 107 heavy (non-hydrogen) atoms. The largest absolute Gasteiger partial charge is 0.507 e. The van der Waals surface area contributed by atoms with Gasteiger partial charge in [-0.1, -0.05) is 26.0 Å². The van der Waals surface area contributed by atoms with Crippen LogP contribution >= 0.6 is 0 Å². The number of hydrogen-bond acceptors (Lipinski definition) is 25. The summed E-state index contributed by atoms with van der Waals surface area (Å²) in [7, 11) is 6.37. The lowest BCUT2D eigenvalue weighted by molar-refractivity contribution is 0.174. The molecule has 0 saturated carbocycles. The van der Waals surface area contributed by atoms with Gasteiger partial charge in [-0.05, 0) is 178 Å². The molecule has 21 N–H and O–H groups in total. The standard InChI is InChI=1S/C31H40O7.C26H30O9.C25H28O9/c1-7-19-9-21(10-20(8-2)29(19)32)28(22-11-24(15-35-3)30(33)25(12-22)16-36-4)23-13-26(17-37-5)31(34)27(14-23)18-38-6;1-26(20-2-14(8-27)23(33)15(3-20)9-28,21-4-16(10-29)24(34)17(5-21)11-30)22-6-18(12-31)25(35)19(7-22)13-32;26-7-16-1-13(2-17(8-27)23(16)32)22(14-3-18(9-28)24(33)19(4-14)10-29)15-5-20(11-30)25(34)21(6-15)12-31/h9-14,28,32-34H,7-8,15-18H2,1-6H3;2-7,27-35H,8-13H2,1H3;1-6,22,26-34H,7-12H2. The minimum Gasteiger partial charge on any atom is -0.507 e. The van der Waals surface area contributed by atoms with Crippen LogP contribution in [0.15, 0.2) is 109 Å². The van der Waals surface area contributed by atoms with Crippen molar-refractivity contribution in [2.75, 3.05) is 28.4 Å². The summed E-state index contributed by atoms with van der Waals surface area (Å²) < 4.78 is 21.6. The molecule has 0 aliphatic heterocycles. The first-order valence-corrected chi connectivity index (χ1v) is 34.2. The quantitative estimate of drug-likeness (QED) is 0.0185. The fourth-order valence-corrected chi connectivity index (χ4v) is 13.6. The molecule has 0 unspecified atom stereocenters. The summed E-state index contributed by atoms with van der Waals surface area (Å²) in [5.74, 6) is -1.98. The first-order valence-electron chi connectivity index (χ1n) is 34.2. The highest BCUT2D eigenvalue weighted by Crippen LogP contribution is 2.48. The molecule has 9 aromatic carbocycles. The Balaban J connectivity index is 0.000000224. The van der Waals surface area contributed by atoms with E-state index in [1.165, 1.54) is 72.8 Å². The topological polar surface area (TPSA) is 462 Å². The van der Waals surface area contributed by atoms with Crippen LogP contribution in [-0.2, 0) is 143 Å². The van der Waals surface area contributed by atoms with E-state index in [4.69, 9.17) is 18.9 Å². The van der Waals surface area contributed by atoms with Crippen molar-refractivity contribution in [2.24, 2.45) is 0 Å². The Morgan fingerprint density at radius 2 is 0.355 bits per heavy atom. The van der Waals surface area contributed by atoms with Crippen LogP contribution in [0.2, 0.25) is 0 Å². The van der Waals surface area contributed by atoms with Gasteiger partial charge >= 0.3 is 0 Å². The molecule has 0 bridgehead atoms. The molecule has 25 heteroatoms. The number of aryl methyl sites for hydroxylation is 2. The first-order chi connectivity index (χ1) is 51.3. The molecule has 0 spiro atoms. The molecule has 0 atom stereocenters. The second kappa shape index (κ2) is 38.9. The Labute approximate surface area is 619 Å². The number of phenolic OH excluding ortho intramolecular Hbond substituents is 3. The highest BCUT2D eigenvalue weighted by molar-refractivity contribution is 5.62. The number of aromatic hydroxyl groups is 9. The lowest BCUT2D eigenvalue weighted by Gasteiger charge is -2.34. The van der Waals surface area contributed by atoms with Crippen molar-refractivity contribution >= 4 is 0 Å². The fraction of sp³-hybridized carbons (Fsp3) is 0.341. The molecule has 0 fully saturated rings. The van der Waals surface area contributed by atoms with E-state index in [2.05, 4.69) is 0 Å². The molecule has 0 amide bonds. The summed E-state index contributed by atoms with van der Waals surface area (Å²) >= 11 is 0. The average Bonchev–Trinajstić information content (AvgIpc) is 0.740. The second-order valence-corrected chi connectivity index (χ2v) is 25.9. The van der Waals surface area contributed by atoms with E-state index in [9.17, 15) is 107 Å². The highest BCUT2D eigenvalue weighted by Gasteiger charge is 2.36. The summed E-state index contributed by atoms with van der Waals surface area (Å²) in [6.45, 7) is 0.487. The van der Waals surface area contributed by atoms with Crippen LogP contribution in [0.3, 0.4) is 0 Å². The van der Waals surface area contributed by atoms with Crippen LogP contribution in [-0.4, -0.2) is 136 Å². The van der Waals surface area contributed by atoms with E-state index in [1.54, 1.807) is 35.4 Å². The van der Waals surface area contributed by atoms with E-state index in [0.717, 1.165) is 27.8 Å². The van der Waals surface area contributed by atoms with Crippen molar-refractivity contribution in [1.29, 1.82) is 0 Å². The minimum absolute atomic E-state index is 0.143. The molecule has 0 aliphatic rings. The lowest BCUT2D eigenvalue weighted by Crippen LogP contribution is -2.27. The molecule has 576 valence electrons. The maximum Gasteiger partial charge on any atom is 0.126 e. The Morgan fingerprint density at radius 1 is 0.224 bits per heavy atom. The third-order valence-corrected chi connectivity index (χ3v) is 19.3. The van der Waals surface area contributed by atoms with Crippen LogP contribution in [0, 0.1) is 0 Å². The molecule has 0 aromatic heterocycles. The maximum absolute atomic E-state index is 10.9. The third-order valence-electron chi connectivity index (χ3n) is 19.3. The summed E-state index contributed by atoms with van der Waals surface area (Å²) in [5, 5.41) is 212. The normalized spacial score (nSPS) is 11.5. The van der Waals surface area contributed by atoms with E-state index in [-0.39, 0.29) is 145 Å². The summed E-state index contributed by atoms with van der Waals surface area (Å²) in [5.41, 5.74) is 10.6. The Kier molecular flexibility index (Phi) is 30.8. The maximum atomic E-state index is 10.9. The summed E-state index contributed by atoms with van der Waals surface area (Å²) in [6.07, 6.45) is 1.36. The molecular weight excluding hydrogens is 1380 g/mol. The number of rotatable bonds is 31. The van der Waals surface area contributed by atoms with Crippen molar-refractivity contribution < 1.29 is 126 Å². The smallest absolute Gasteiger partial charge is 0.126 e. The van der Waals surface area contributed by atoms with Crippen LogP contribution < -0.4 is 0 Å². The molecule has 0 saturated heterocycles. The summed E-state index contributed by atoms with van der Waals surface area (Å²) in [6, 6.07) is 30.2. The molecule has 0 aliphatic carbocycles. The molecule has 9 aromatic rings. The molecular formula is C82H98O25. The minimum atomic E-state index is -1.20. The fourth-order valence-electron chi connectivity index (χ4n) is 13.6. The number of ether oxygens (including phenoxy) is 4. The van der Waals surface area contributed by atoms with Crippen LogP contribution in [0.1, 0.15) is 183 Å². The zero-order chi connectivity index (χ0) is 78.7. The van der Waals surface area contributed by atoms with Gasteiger partial charge in [-0.3, -0.25) is 0 Å². The Morgan fingerprint density at radius 3 is 0.505 bits per heavy atom. The van der Waals surface area contributed by atoms with Gasteiger partial charge in [0.05, 0.1) is 106 Å². The number of aliphatic hydroxyl groups is 12. The van der Waals surface area contributed by atoms with Gasteiger partial charge in [0.2, 0.25) is 0 Å². The number of aliphatic hydroxyl groups excluding tert-OH is 12. The van der Waals surface area contributed by atoms with Gasteiger partial charge in [0.15, 0.2) is 0 Å². The Hall–Kier alpha value is -9.46. The zero-order valence-corrected chi connectivity index (χ0v) is 60.8. The van der Waals surface area contributed by atoms with Gasteiger partial charge < -0.3 is 126 Å². The zero-order valence-electron chi connectivity index (χ0n) is 60.8. The van der Waals surface area contributed by atoms with E-state index < -0.39 is 90.6 Å². The number of phenols is 9. The van der Waals surface area contributed by atoms with E-state index >= 15 is 0 Å². The van der Waals surface area contributed by atoms with Crippen molar-refractivity contribution in [3.05, 3.63) is 259 Å². The van der Waals surface area contributed by atoms with Gasteiger partial charge in [-0.25, -0.2) is 0 Å². The van der Waals surface area contributed by atoms with Gasteiger partial charge in [-0.2, -0.15) is 0 Å². The molecule has 9 rings (SSSR count). The van der Waals surface area contributed by atoms with E-state index in [1.807, 2.05) is 50.2 Å². The number of benzene rings is 9. The van der Waals surface area contributed by atoms with Crippen LogP contribution in [0.25, 0.3) is 0 Å². The van der Waals surface area contributed by atoms with Gasteiger partial charge in [0.25, 0.3) is 0 Å². The van der Waals surface area contributed by atoms with Crippen molar-refractivity contribution in [3.8, 4) is 51.7 Å². The van der Waals surface area contributed by atoms with E-state index in [0.29, 0.717) is 74.2 Å². The predicted molar refractivity (Wildman–Crippen MR) is 393 cm³/mol. The monoisotopic (exact) mass is 1480 g/mol. The first kappa shape index (κ1) is 84.8.